The van der Waals surface area contributed by atoms with Crippen molar-refractivity contribution < 1.29 is 31.1 Å². The fourth-order valence-electron chi connectivity index (χ4n) is 6.20. The molecule has 36 heavy (non-hydrogen) atoms. The van der Waals surface area contributed by atoms with Crippen LogP contribution in [0.2, 0.25) is 0 Å². The molecule has 1 aliphatic carbocycles. The van der Waals surface area contributed by atoms with E-state index in [9.17, 15) is 31.1 Å². The van der Waals surface area contributed by atoms with E-state index in [4.69, 9.17) is 0 Å². The third-order valence-corrected chi connectivity index (χ3v) is 7.89. The molecule has 1 saturated carbocycles. The van der Waals surface area contributed by atoms with E-state index in [1.165, 1.54) is 16.4 Å². The summed E-state index contributed by atoms with van der Waals surface area (Å²) in [5.41, 5.74) is -0.462. The summed E-state index contributed by atoms with van der Waals surface area (Å²) in [6.07, 6.45) is -6.58. The van der Waals surface area contributed by atoms with Gasteiger partial charge >= 0.3 is 18.4 Å². The van der Waals surface area contributed by atoms with Crippen molar-refractivity contribution in [2.24, 2.45) is 17.9 Å². The van der Waals surface area contributed by atoms with Crippen LogP contribution >= 0.6 is 0 Å². The number of rotatable bonds is 3. The first kappa shape index (κ1) is 23.6. The maximum Gasteiger partial charge on any atom is 0.453 e. The minimum Gasteiger partial charge on any atom is -0.323 e. The Bertz CT molecular complexity index is 1170. The molecule has 2 aromatic rings. The fraction of sp³-hybridized carbons (Fsp3) is 0.714. The molecule has 3 saturated heterocycles. The molecule has 15 heteroatoms. The Labute approximate surface area is 201 Å². The molecule has 6 rings (SSSR count). The maximum atomic E-state index is 12.9. The molecule has 0 N–H and O–H groups in total. The molecule has 0 atom stereocenters. The molecule has 0 aromatic carbocycles. The number of aryl methyl sites for hydroxylation is 1. The Balaban J connectivity index is 0.936. The lowest BCUT2D eigenvalue weighted by Gasteiger charge is -2.63. The van der Waals surface area contributed by atoms with Crippen LogP contribution in [-0.2, 0) is 25.9 Å². The second-order valence-electron chi connectivity index (χ2n) is 10.9. The molecular weight excluding hydrogens is 494 g/mol. The zero-order valence-electron chi connectivity index (χ0n) is 19.3. The molecule has 0 bridgehead atoms. The summed E-state index contributed by atoms with van der Waals surface area (Å²) < 4.78 is 79.2. The van der Waals surface area contributed by atoms with Crippen LogP contribution in [-0.4, -0.2) is 84.5 Å². The van der Waals surface area contributed by atoms with Gasteiger partial charge in [0.15, 0.2) is 5.69 Å². The van der Waals surface area contributed by atoms with Gasteiger partial charge in [0, 0.05) is 63.7 Å². The number of nitrogens with zero attached hydrogens (tertiary/aromatic N) is 8. The Kier molecular flexibility index (Phi) is 4.81. The van der Waals surface area contributed by atoms with Gasteiger partial charge in [-0.1, -0.05) is 0 Å². The highest BCUT2D eigenvalue weighted by Gasteiger charge is 2.58. The third-order valence-electron chi connectivity index (χ3n) is 7.89. The predicted molar refractivity (Wildman–Crippen MR) is 110 cm³/mol. The van der Waals surface area contributed by atoms with Crippen LogP contribution in [0, 0.1) is 10.8 Å². The second-order valence-corrected chi connectivity index (χ2v) is 10.9. The lowest BCUT2D eigenvalue weighted by Crippen LogP contribution is -2.75. The van der Waals surface area contributed by atoms with Gasteiger partial charge < -0.3 is 9.80 Å². The molecular formula is C21H24F6N8O. The van der Waals surface area contributed by atoms with Crippen LogP contribution in [0.25, 0.3) is 0 Å². The molecule has 2 aromatic heterocycles. The number of urea groups is 1. The normalized spacial score (nSPS) is 23.4. The summed E-state index contributed by atoms with van der Waals surface area (Å²) in [5.74, 6) is -1.14. The van der Waals surface area contributed by atoms with Crippen molar-refractivity contribution in [3.05, 3.63) is 29.6 Å². The van der Waals surface area contributed by atoms with Crippen molar-refractivity contribution >= 4 is 6.03 Å². The molecule has 196 valence electrons. The molecule has 2 amide bonds. The number of halogens is 6. The standard InChI is InChI=1S/C21H24F6N8O/c1-31-13(2-15(29-31)20(22,23)24)5-32-6-19(7-32)10-34(11-19)17(36)33-8-18(9-33)3-14(4-18)35-12-28-16(30-35)21(25,26)27/h2,12,14H,3-11H2,1H3. The Morgan fingerprint density at radius 2 is 1.56 bits per heavy atom. The topological polar surface area (TPSA) is 75.3 Å². The summed E-state index contributed by atoms with van der Waals surface area (Å²) in [6.45, 7) is 4.21. The second kappa shape index (κ2) is 7.35. The van der Waals surface area contributed by atoms with Crippen LogP contribution in [0.5, 0.6) is 0 Å². The van der Waals surface area contributed by atoms with Crippen LogP contribution < -0.4 is 0 Å². The molecule has 2 spiro atoms. The van der Waals surface area contributed by atoms with Crippen molar-refractivity contribution in [2.75, 3.05) is 39.3 Å². The zero-order valence-corrected chi connectivity index (χ0v) is 19.3. The molecule has 0 radical (unpaired) electrons. The molecule has 0 unspecified atom stereocenters. The summed E-state index contributed by atoms with van der Waals surface area (Å²) in [5, 5.41) is 7.09. The van der Waals surface area contributed by atoms with Crippen molar-refractivity contribution in [1.29, 1.82) is 0 Å². The largest absolute Gasteiger partial charge is 0.453 e. The van der Waals surface area contributed by atoms with E-state index in [0.29, 0.717) is 64.3 Å². The minimum atomic E-state index is -4.56. The van der Waals surface area contributed by atoms with Crippen LogP contribution in [0.1, 0.15) is 36.1 Å². The van der Waals surface area contributed by atoms with Gasteiger partial charge in [-0.15, -0.1) is 5.10 Å². The summed E-state index contributed by atoms with van der Waals surface area (Å²) in [7, 11) is 1.50. The molecule has 4 fully saturated rings. The smallest absolute Gasteiger partial charge is 0.323 e. The number of likely N-dealkylation sites (tertiary alicyclic amines) is 3. The van der Waals surface area contributed by atoms with Gasteiger partial charge in [0.25, 0.3) is 5.82 Å². The van der Waals surface area contributed by atoms with Crippen molar-refractivity contribution in [1.82, 2.24) is 39.2 Å². The minimum absolute atomic E-state index is 0.00544. The first-order chi connectivity index (χ1) is 16.7. The fourth-order valence-corrected chi connectivity index (χ4v) is 6.20. The first-order valence-corrected chi connectivity index (χ1v) is 11.6. The van der Waals surface area contributed by atoms with E-state index in [1.54, 1.807) is 9.80 Å². The van der Waals surface area contributed by atoms with Gasteiger partial charge in [-0.3, -0.25) is 9.58 Å². The lowest BCUT2D eigenvalue weighted by molar-refractivity contribution is -0.145. The molecule has 5 heterocycles. The van der Waals surface area contributed by atoms with Gasteiger partial charge in [-0.25, -0.2) is 14.5 Å². The summed E-state index contributed by atoms with van der Waals surface area (Å²) in [6, 6.07) is 0.908. The van der Waals surface area contributed by atoms with Gasteiger partial charge in [0.05, 0.1) is 11.7 Å². The zero-order chi connectivity index (χ0) is 25.7. The van der Waals surface area contributed by atoms with E-state index in [1.807, 2.05) is 0 Å². The van der Waals surface area contributed by atoms with E-state index < -0.39 is 23.9 Å². The monoisotopic (exact) mass is 518 g/mol. The average Bonchev–Trinajstić information content (AvgIpc) is 3.27. The highest BCUT2D eigenvalue weighted by atomic mass is 19.4. The number of carbonyl (C=O) groups excluding carboxylic acids is 1. The van der Waals surface area contributed by atoms with Crippen LogP contribution in [0.4, 0.5) is 31.1 Å². The highest BCUT2D eigenvalue weighted by Crippen LogP contribution is 2.54. The molecule has 4 aliphatic rings. The number of hydrogen-bond donors (Lipinski definition) is 0. The van der Waals surface area contributed by atoms with Gasteiger partial charge in [-0.05, 0) is 18.9 Å². The number of hydrogen-bond acceptors (Lipinski definition) is 5. The average molecular weight is 518 g/mol. The van der Waals surface area contributed by atoms with Crippen LogP contribution in [0.3, 0.4) is 0 Å². The molecule has 9 nitrogen and oxygen atoms in total. The number of alkyl halides is 6. The number of amides is 2. The SMILES string of the molecule is Cn1nc(C(F)(F)F)cc1CN1CC2(C1)CN(C(=O)N1CC3(CC(n4cnc(C(F)(F)F)n4)C3)C1)C2. The quantitative estimate of drug-likeness (QED) is 0.585. The highest BCUT2D eigenvalue weighted by molar-refractivity contribution is 5.77. The summed E-state index contributed by atoms with van der Waals surface area (Å²) >= 11 is 0. The van der Waals surface area contributed by atoms with E-state index in [2.05, 4.69) is 20.1 Å². The number of carbonyl (C=O) groups is 1. The maximum absolute atomic E-state index is 12.9. The van der Waals surface area contributed by atoms with E-state index >= 15 is 0 Å². The van der Waals surface area contributed by atoms with Crippen LogP contribution in [0.15, 0.2) is 12.4 Å². The van der Waals surface area contributed by atoms with Crippen molar-refractivity contribution in [2.45, 2.75) is 37.8 Å². The van der Waals surface area contributed by atoms with E-state index in [0.717, 1.165) is 12.4 Å². The predicted octanol–water partition coefficient (Wildman–Crippen LogP) is 2.62. The Hall–Kier alpha value is -2.84. The Morgan fingerprint density at radius 1 is 0.944 bits per heavy atom. The van der Waals surface area contributed by atoms with Gasteiger partial charge in [0.2, 0.25) is 0 Å². The number of aromatic nitrogens is 5. The summed E-state index contributed by atoms with van der Waals surface area (Å²) in [4.78, 5) is 21.8. The lowest BCUT2D eigenvalue weighted by atomic mass is 9.60. The van der Waals surface area contributed by atoms with Crippen molar-refractivity contribution in [3.63, 3.8) is 0 Å². The first-order valence-electron chi connectivity index (χ1n) is 11.6. The van der Waals surface area contributed by atoms with Crippen molar-refractivity contribution in [3.8, 4) is 0 Å². The molecule has 3 aliphatic heterocycles. The van der Waals surface area contributed by atoms with Gasteiger partial charge in [-0.2, -0.15) is 31.4 Å². The van der Waals surface area contributed by atoms with E-state index in [-0.39, 0.29) is 22.9 Å². The third kappa shape index (κ3) is 3.82. The Morgan fingerprint density at radius 3 is 2.08 bits per heavy atom. The van der Waals surface area contributed by atoms with Gasteiger partial charge in [0.1, 0.15) is 6.33 Å².